The molecule has 24 heavy (non-hydrogen) atoms. The molecule has 1 amide bonds. The highest BCUT2D eigenvalue weighted by Crippen LogP contribution is 2.39. The zero-order valence-electron chi connectivity index (χ0n) is 12.9. The number of carbonyl (C=O) groups is 3. The first-order valence-corrected chi connectivity index (χ1v) is 7.48. The van der Waals surface area contributed by atoms with Gasteiger partial charge in [0, 0.05) is 16.7 Å². The van der Waals surface area contributed by atoms with Gasteiger partial charge >= 0.3 is 0 Å². The van der Waals surface area contributed by atoms with Crippen molar-refractivity contribution in [1.29, 1.82) is 0 Å². The SMILES string of the molecule is CCCc1c(C(N)=O)cc(O)c2c1C(=O)c1cccc(O)c1C2=O. The summed E-state index contributed by atoms with van der Waals surface area (Å²) >= 11 is 0. The summed E-state index contributed by atoms with van der Waals surface area (Å²) in [6.45, 7) is 1.86. The highest BCUT2D eigenvalue weighted by Gasteiger charge is 2.37. The number of phenolic OH excluding ortho intramolecular Hbond substituents is 2. The average molecular weight is 325 g/mol. The van der Waals surface area contributed by atoms with E-state index in [9.17, 15) is 24.6 Å². The zero-order chi connectivity index (χ0) is 17.6. The summed E-state index contributed by atoms with van der Waals surface area (Å²) in [5, 5.41) is 20.2. The fourth-order valence-electron chi connectivity index (χ4n) is 3.15. The molecule has 122 valence electrons. The maximum absolute atomic E-state index is 12.9. The van der Waals surface area contributed by atoms with Crippen molar-refractivity contribution in [1.82, 2.24) is 0 Å². The van der Waals surface area contributed by atoms with Gasteiger partial charge in [-0.15, -0.1) is 0 Å². The third-order valence-electron chi connectivity index (χ3n) is 4.15. The van der Waals surface area contributed by atoms with Crippen molar-refractivity contribution in [2.45, 2.75) is 19.8 Å². The molecule has 0 radical (unpaired) electrons. The van der Waals surface area contributed by atoms with Gasteiger partial charge in [-0.3, -0.25) is 14.4 Å². The van der Waals surface area contributed by atoms with Gasteiger partial charge in [0.2, 0.25) is 11.7 Å². The van der Waals surface area contributed by atoms with Crippen LogP contribution in [0.2, 0.25) is 0 Å². The molecule has 0 aliphatic heterocycles. The smallest absolute Gasteiger partial charge is 0.249 e. The van der Waals surface area contributed by atoms with Crippen LogP contribution in [0.3, 0.4) is 0 Å². The number of hydrogen-bond acceptors (Lipinski definition) is 5. The van der Waals surface area contributed by atoms with Crippen LogP contribution in [0.25, 0.3) is 0 Å². The van der Waals surface area contributed by atoms with Gasteiger partial charge in [-0.05, 0) is 24.1 Å². The Hall–Kier alpha value is -3.15. The van der Waals surface area contributed by atoms with E-state index in [1.807, 2.05) is 6.92 Å². The van der Waals surface area contributed by atoms with Crippen molar-refractivity contribution < 1.29 is 24.6 Å². The quantitative estimate of drug-likeness (QED) is 0.680. The van der Waals surface area contributed by atoms with Crippen molar-refractivity contribution in [3.63, 3.8) is 0 Å². The molecule has 0 atom stereocenters. The number of aromatic hydroxyl groups is 2. The summed E-state index contributed by atoms with van der Waals surface area (Å²) < 4.78 is 0. The predicted molar refractivity (Wildman–Crippen MR) is 85.6 cm³/mol. The number of hydrogen-bond donors (Lipinski definition) is 3. The Balaban J connectivity index is 2.42. The maximum atomic E-state index is 12.9. The highest BCUT2D eigenvalue weighted by molar-refractivity contribution is 6.31. The Morgan fingerprint density at radius 1 is 1.04 bits per heavy atom. The molecule has 6 heteroatoms. The first kappa shape index (κ1) is 15.7. The normalized spacial score (nSPS) is 12.7. The molecule has 0 aromatic heterocycles. The molecule has 3 rings (SSSR count). The number of amides is 1. The minimum atomic E-state index is -0.779. The lowest BCUT2D eigenvalue weighted by atomic mass is 9.78. The molecule has 0 saturated carbocycles. The lowest BCUT2D eigenvalue weighted by Gasteiger charge is -2.23. The van der Waals surface area contributed by atoms with Crippen LogP contribution in [0.15, 0.2) is 24.3 Å². The summed E-state index contributed by atoms with van der Waals surface area (Å²) in [5.41, 5.74) is 5.45. The number of nitrogens with two attached hydrogens (primary N) is 1. The van der Waals surface area contributed by atoms with Gasteiger partial charge in [0.1, 0.15) is 11.5 Å². The van der Waals surface area contributed by atoms with Gasteiger partial charge in [0.15, 0.2) is 5.78 Å². The topological polar surface area (TPSA) is 118 Å². The molecule has 0 unspecified atom stereocenters. The van der Waals surface area contributed by atoms with Crippen LogP contribution in [0.4, 0.5) is 0 Å². The average Bonchev–Trinajstić information content (AvgIpc) is 2.53. The van der Waals surface area contributed by atoms with Crippen molar-refractivity contribution >= 4 is 17.5 Å². The Morgan fingerprint density at radius 3 is 2.38 bits per heavy atom. The summed E-state index contributed by atoms with van der Waals surface area (Å²) in [7, 11) is 0. The second-order valence-electron chi connectivity index (χ2n) is 5.64. The molecule has 6 nitrogen and oxygen atoms in total. The number of fused-ring (bicyclic) bond motifs is 2. The van der Waals surface area contributed by atoms with Crippen molar-refractivity contribution in [2.24, 2.45) is 5.73 Å². The summed E-state index contributed by atoms with van der Waals surface area (Å²) in [5.74, 6) is -2.77. The van der Waals surface area contributed by atoms with Crippen molar-refractivity contribution in [2.75, 3.05) is 0 Å². The van der Waals surface area contributed by atoms with Gasteiger partial charge in [-0.1, -0.05) is 25.5 Å². The second kappa shape index (κ2) is 5.49. The largest absolute Gasteiger partial charge is 0.507 e. The first-order valence-electron chi connectivity index (χ1n) is 7.48. The van der Waals surface area contributed by atoms with Crippen LogP contribution in [0.5, 0.6) is 11.5 Å². The molecular weight excluding hydrogens is 310 g/mol. The number of benzene rings is 2. The monoisotopic (exact) mass is 325 g/mol. The third kappa shape index (κ3) is 2.07. The molecule has 0 bridgehead atoms. The van der Waals surface area contributed by atoms with E-state index in [1.165, 1.54) is 18.2 Å². The molecule has 0 fully saturated rings. The van der Waals surface area contributed by atoms with E-state index < -0.39 is 23.2 Å². The zero-order valence-corrected chi connectivity index (χ0v) is 12.9. The molecule has 0 spiro atoms. The molecule has 1 aliphatic carbocycles. The second-order valence-corrected chi connectivity index (χ2v) is 5.64. The first-order chi connectivity index (χ1) is 11.4. The van der Waals surface area contributed by atoms with Crippen LogP contribution >= 0.6 is 0 Å². The Labute approximate surface area is 137 Å². The standard InChI is InChI=1S/C18H15NO5/c1-2-4-8-10(18(19)24)7-12(21)15-14(8)16(22)9-5-3-6-11(20)13(9)17(15)23/h3,5-7,20-21H,2,4H2,1H3,(H2,19,24). The van der Waals surface area contributed by atoms with Crippen molar-refractivity contribution in [3.05, 3.63) is 57.6 Å². The van der Waals surface area contributed by atoms with Gasteiger partial charge < -0.3 is 15.9 Å². The number of rotatable bonds is 3. The molecule has 2 aromatic carbocycles. The molecule has 2 aromatic rings. The maximum Gasteiger partial charge on any atom is 0.249 e. The predicted octanol–water partition coefficient (Wildman–Crippen LogP) is 1.92. The van der Waals surface area contributed by atoms with Crippen LogP contribution < -0.4 is 5.73 Å². The molecule has 0 saturated heterocycles. The number of ketones is 2. The van der Waals surface area contributed by atoms with Crippen LogP contribution in [0.1, 0.15) is 61.1 Å². The highest BCUT2D eigenvalue weighted by atomic mass is 16.3. The van der Waals surface area contributed by atoms with Gasteiger partial charge in [0.25, 0.3) is 0 Å². The lowest BCUT2D eigenvalue weighted by Crippen LogP contribution is -2.26. The summed E-state index contributed by atoms with van der Waals surface area (Å²) in [4.78, 5) is 37.3. The van der Waals surface area contributed by atoms with E-state index in [0.717, 1.165) is 6.07 Å². The Morgan fingerprint density at radius 2 is 1.75 bits per heavy atom. The number of phenols is 2. The van der Waals surface area contributed by atoms with E-state index >= 15 is 0 Å². The van der Waals surface area contributed by atoms with Crippen LogP contribution in [-0.4, -0.2) is 27.7 Å². The van der Waals surface area contributed by atoms with Crippen molar-refractivity contribution in [3.8, 4) is 11.5 Å². The van der Waals surface area contributed by atoms with E-state index in [1.54, 1.807) is 0 Å². The van der Waals surface area contributed by atoms with Crippen LogP contribution in [0, 0.1) is 0 Å². The van der Waals surface area contributed by atoms with Gasteiger partial charge in [0.05, 0.1) is 11.1 Å². The van der Waals surface area contributed by atoms with Crippen LogP contribution in [-0.2, 0) is 6.42 Å². The van der Waals surface area contributed by atoms with E-state index in [0.29, 0.717) is 18.4 Å². The molecule has 1 aliphatic rings. The Kier molecular flexibility index (Phi) is 3.60. The third-order valence-corrected chi connectivity index (χ3v) is 4.15. The lowest BCUT2D eigenvalue weighted by molar-refractivity contribution is 0.0970. The van der Waals surface area contributed by atoms with Gasteiger partial charge in [-0.2, -0.15) is 0 Å². The summed E-state index contributed by atoms with van der Waals surface area (Å²) in [6.07, 6.45) is 0.972. The van der Waals surface area contributed by atoms with E-state index in [-0.39, 0.29) is 33.6 Å². The van der Waals surface area contributed by atoms with E-state index in [2.05, 4.69) is 0 Å². The van der Waals surface area contributed by atoms with E-state index in [4.69, 9.17) is 5.73 Å². The molecular formula is C18H15NO5. The minimum absolute atomic E-state index is 0.00579. The number of carbonyl (C=O) groups excluding carboxylic acids is 3. The molecule has 0 heterocycles. The fraction of sp³-hybridized carbons (Fsp3) is 0.167. The summed E-state index contributed by atoms with van der Waals surface area (Å²) in [6, 6.07) is 5.31. The minimum Gasteiger partial charge on any atom is -0.507 e. The Bertz CT molecular complexity index is 914. The fourth-order valence-corrected chi connectivity index (χ4v) is 3.15. The van der Waals surface area contributed by atoms with Gasteiger partial charge in [-0.25, -0.2) is 0 Å². The molecule has 4 N–H and O–H groups in total. The number of primary amides is 1.